The summed E-state index contributed by atoms with van der Waals surface area (Å²) in [4.78, 5) is 5.36. The molecule has 5 aromatic rings. The van der Waals surface area contributed by atoms with Crippen LogP contribution in [0.15, 0.2) is 115 Å². The van der Waals surface area contributed by atoms with Crippen LogP contribution < -0.4 is 0 Å². The highest BCUT2D eigenvalue weighted by molar-refractivity contribution is 7.09. The number of nitrogens with zero attached hydrogens (tertiary/aromatic N) is 1. The van der Waals surface area contributed by atoms with Gasteiger partial charge in [0, 0.05) is 69.3 Å². The highest BCUT2D eigenvalue weighted by Crippen LogP contribution is 2.23. The second-order valence-electron chi connectivity index (χ2n) is 24.6. The number of pyridine rings is 1. The lowest BCUT2D eigenvalue weighted by Gasteiger charge is -2.20. The molecule has 5 fully saturated rings. The minimum absolute atomic E-state index is 0.500. The molecule has 83 heavy (non-hydrogen) atoms. The number of hydrogen-bond acceptors (Lipinski definition) is 6. The van der Waals surface area contributed by atoms with Crippen LogP contribution in [-0.2, 0) is 18.9 Å². The van der Waals surface area contributed by atoms with Crippen LogP contribution in [0.25, 0.3) is 10.8 Å². The Morgan fingerprint density at radius 3 is 1.20 bits per heavy atom. The van der Waals surface area contributed by atoms with Crippen molar-refractivity contribution in [2.45, 2.75) is 233 Å². The van der Waals surface area contributed by atoms with Crippen LogP contribution in [0.3, 0.4) is 0 Å². The van der Waals surface area contributed by atoms with E-state index in [1.807, 2.05) is 43.3 Å². The molecule has 0 bridgehead atoms. The zero-order chi connectivity index (χ0) is 63.0. The lowest BCUT2D eigenvalue weighted by atomic mass is 9.91. The number of benzene rings is 3. The van der Waals surface area contributed by atoms with Gasteiger partial charge in [0.15, 0.2) is 0 Å². The summed E-state index contributed by atoms with van der Waals surface area (Å²) >= 11 is 1.78. The summed E-state index contributed by atoms with van der Waals surface area (Å²) in [6.07, 6.45) is 19.5. The molecule has 2 aromatic heterocycles. The molecule has 3 aliphatic heterocycles. The first-order valence-corrected chi connectivity index (χ1v) is 32.9. The van der Waals surface area contributed by atoms with Crippen molar-refractivity contribution < 1.29 is 32.1 Å². The van der Waals surface area contributed by atoms with E-state index < -0.39 is 12.6 Å². The van der Waals surface area contributed by atoms with Crippen LogP contribution >= 0.6 is 11.3 Å². The Labute approximate surface area is 514 Å². The normalized spacial score (nSPS) is 16.2. The van der Waals surface area contributed by atoms with E-state index in [9.17, 15) is 13.2 Å². The Kier molecular flexibility index (Phi) is 57.9. The van der Waals surface area contributed by atoms with E-state index in [2.05, 4.69) is 181 Å². The smallest absolute Gasteiger partial charge is 0.385 e. The van der Waals surface area contributed by atoms with Gasteiger partial charge in [-0.25, -0.2) is 0 Å². The molecular formula is C74H126F3NO4S. The van der Waals surface area contributed by atoms with E-state index in [4.69, 9.17) is 18.9 Å². The number of hydrogen-bond donors (Lipinski definition) is 0. The molecule has 10 rings (SSSR count). The van der Waals surface area contributed by atoms with Crippen molar-refractivity contribution in [2.75, 3.05) is 53.4 Å². The Morgan fingerprint density at radius 1 is 0.506 bits per heavy atom. The number of rotatable bonds is 4. The van der Waals surface area contributed by atoms with Crippen molar-refractivity contribution in [3.63, 3.8) is 0 Å². The Hall–Kier alpha value is -3.60. The highest BCUT2D eigenvalue weighted by Gasteiger charge is 2.22. The molecule has 1 atom stereocenters. The standard InChI is InChI=1S/C11H10.C7H14.C7H8.C6H7N.C6H12O.C6H12.C5H10O.C5H6S.2C5H12.C4H8O.C4H10O.C3H5F3/c1-9-6-7-10-4-2-3-5-11(10)8-9;2*1-7-5-3-2-4-6-7;1-6-4-2-3-5-7-6;1-6-2-4-7-5-3-6;1-6-4-2-3-5-6;1-5-2-3-6-4-5;1-5-3-2-4-6-5;1-5(2,3)4;1-3-5-4-2;1-4-2-5-3-4;1-3-4-5-2;1-2-3(4,5)6/h2-8H,1H3;7H,2-6H2,1H3;2-6H,1H3;2-5H,1H3;6H,2-5H2,1H3;6H,2-5H2,1H3;5H,2-4H2,1H3;2-4H,1H3;1-4H3;3-5H2,1-2H3;4H,2-3H2,1H3;3-4H2,1-2H3;2H2,1H3. The number of alkyl halides is 3. The molecule has 9 heteroatoms. The van der Waals surface area contributed by atoms with E-state index in [-0.39, 0.29) is 0 Å². The van der Waals surface area contributed by atoms with E-state index in [1.54, 1.807) is 24.6 Å². The molecule has 0 radical (unpaired) electrons. The van der Waals surface area contributed by atoms with E-state index >= 15 is 0 Å². The number of methoxy groups -OCH3 is 1. The summed E-state index contributed by atoms with van der Waals surface area (Å²) < 4.78 is 52.1. The molecule has 2 saturated carbocycles. The predicted molar refractivity (Wildman–Crippen MR) is 360 cm³/mol. The van der Waals surface area contributed by atoms with Gasteiger partial charge in [-0.2, -0.15) is 13.2 Å². The van der Waals surface area contributed by atoms with Gasteiger partial charge in [-0.15, -0.1) is 11.3 Å². The summed E-state index contributed by atoms with van der Waals surface area (Å²) in [6, 6.07) is 35.2. The van der Waals surface area contributed by atoms with Gasteiger partial charge in [0.2, 0.25) is 0 Å². The van der Waals surface area contributed by atoms with Crippen LogP contribution in [0.4, 0.5) is 13.2 Å². The number of thiophene rings is 1. The average Bonchev–Trinajstić information content (AvgIpc) is 4.36. The van der Waals surface area contributed by atoms with Crippen molar-refractivity contribution in [2.24, 2.45) is 35.0 Å². The predicted octanol–water partition coefficient (Wildman–Crippen LogP) is 23.8. The van der Waals surface area contributed by atoms with Crippen molar-refractivity contribution in [3.8, 4) is 0 Å². The zero-order valence-corrected chi connectivity index (χ0v) is 57.3. The average molecular weight is 1180 g/mol. The topological polar surface area (TPSA) is 49.8 Å². The Morgan fingerprint density at radius 2 is 0.976 bits per heavy atom. The third kappa shape index (κ3) is 67.4. The lowest BCUT2D eigenvalue weighted by Crippen LogP contribution is -2.23. The maximum atomic E-state index is 10.8. The third-order valence-electron chi connectivity index (χ3n) is 12.8. The van der Waals surface area contributed by atoms with Crippen molar-refractivity contribution in [3.05, 3.63) is 136 Å². The highest BCUT2D eigenvalue weighted by atomic mass is 32.1. The molecule has 5 nitrogen and oxygen atoms in total. The number of ether oxygens (including phenoxy) is 4. The maximum absolute atomic E-state index is 10.8. The van der Waals surface area contributed by atoms with Crippen LogP contribution in [0.2, 0.25) is 0 Å². The fourth-order valence-electron chi connectivity index (χ4n) is 7.47. The summed E-state index contributed by atoms with van der Waals surface area (Å²) in [5, 5.41) is 4.72. The van der Waals surface area contributed by atoms with Gasteiger partial charge in [0.1, 0.15) is 0 Å². The Bertz CT molecular complexity index is 1930. The van der Waals surface area contributed by atoms with Crippen LogP contribution in [-0.4, -0.2) is 64.5 Å². The number of halogens is 3. The summed E-state index contributed by atoms with van der Waals surface area (Å²) in [5.41, 5.74) is 4.22. The molecule has 0 spiro atoms. The van der Waals surface area contributed by atoms with Gasteiger partial charge in [-0.3, -0.25) is 4.98 Å². The number of aromatic nitrogens is 1. The van der Waals surface area contributed by atoms with E-state index in [0.717, 1.165) is 94.9 Å². The molecule has 1 unspecified atom stereocenters. The molecule has 5 aliphatic rings. The summed E-state index contributed by atoms with van der Waals surface area (Å²) in [7, 11) is 1.71. The molecule has 478 valence electrons. The molecule has 5 heterocycles. The molecule has 0 N–H and O–H groups in total. The SMILES string of the molecule is CC(C)(C)C.CC1CCCC1.CC1CCCCC1.CC1CCOC1.CC1CCOCC1.CC1COC1.CCC(F)(F)F.CCCCC.CCCOC.Cc1ccc2ccccc2c1.Cc1ccccc1.Cc1ccccn1.Cc1cccs1. The monoisotopic (exact) mass is 1180 g/mol. The minimum atomic E-state index is -3.96. The number of fused-ring (bicyclic) bond motifs is 1. The van der Waals surface area contributed by atoms with Crippen molar-refractivity contribution in [1.29, 1.82) is 0 Å². The first kappa shape index (κ1) is 83.6. The first-order valence-electron chi connectivity index (χ1n) is 32.0. The molecular weight excluding hydrogens is 1060 g/mol. The van der Waals surface area contributed by atoms with Gasteiger partial charge in [-0.1, -0.05) is 263 Å². The first-order chi connectivity index (χ1) is 39.4. The largest absolute Gasteiger partial charge is 0.388 e. The number of aryl methyl sites for hydroxylation is 4. The van der Waals surface area contributed by atoms with Gasteiger partial charge >= 0.3 is 6.18 Å². The van der Waals surface area contributed by atoms with E-state index in [1.165, 1.54) is 123 Å². The van der Waals surface area contributed by atoms with Crippen LogP contribution in [0.1, 0.15) is 221 Å². The maximum Gasteiger partial charge on any atom is 0.388 e. The second-order valence-corrected chi connectivity index (χ2v) is 25.7. The van der Waals surface area contributed by atoms with Crippen LogP contribution in [0, 0.1) is 62.7 Å². The van der Waals surface area contributed by atoms with Crippen molar-refractivity contribution in [1.82, 2.24) is 4.98 Å². The fourth-order valence-corrected chi connectivity index (χ4v) is 8.00. The third-order valence-corrected chi connectivity index (χ3v) is 13.6. The van der Waals surface area contributed by atoms with Gasteiger partial charge < -0.3 is 18.9 Å². The lowest BCUT2D eigenvalue weighted by molar-refractivity contribution is -0.130. The quantitative estimate of drug-likeness (QED) is 0.179. The summed E-state index contributed by atoms with van der Waals surface area (Å²) in [5.74, 6) is 4.66. The molecule has 3 saturated heterocycles. The Balaban J connectivity index is -0.000000841. The van der Waals surface area contributed by atoms with Crippen LogP contribution in [0.5, 0.6) is 0 Å². The second kappa shape index (κ2) is 57.5. The van der Waals surface area contributed by atoms with Crippen molar-refractivity contribution >= 4 is 22.1 Å². The van der Waals surface area contributed by atoms with Gasteiger partial charge in [0.25, 0.3) is 0 Å². The molecule has 0 amide bonds. The molecule has 3 aromatic carbocycles. The molecule has 2 aliphatic carbocycles. The van der Waals surface area contributed by atoms with E-state index in [0.29, 0.717) is 5.41 Å². The zero-order valence-electron chi connectivity index (χ0n) is 56.4. The fraction of sp³-hybridized carbons (Fsp3) is 0.662. The van der Waals surface area contributed by atoms with Gasteiger partial charge in [-0.05, 0) is 117 Å². The minimum Gasteiger partial charge on any atom is -0.385 e. The number of unbranched alkanes of at least 4 members (excludes halogenated alkanes) is 2. The summed E-state index contributed by atoms with van der Waals surface area (Å²) in [6.45, 7) is 42.8. The van der Waals surface area contributed by atoms with Gasteiger partial charge in [0.05, 0.1) is 13.2 Å².